The standard InChI is InChI=1S/C60H61N3O/c1-34(2)42-29-47(37(7)8)57-50(30-42)58-62(51-25-24-41(28-38(51)9)54-44(35(3)4)20-16-21-45(54)36(5)6)52-23-17-22-46-48-32-43(59(10,11)12)33-49-53-31-40(39-18-14-13-15-19-39)26-27-61(53)60(64-57,55(48)49)63(58)56(46)52/h13-37H,1-12H3/q+2/i34D,35D,37D. The average Bonchev–Trinajstić information content (AvgIpc) is 3.76. The molecule has 0 saturated carbocycles. The van der Waals surface area contributed by atoms with Crippen molar-refractivity contribution >= 4 is 11.0 Å². The Morgan fingerprint density at radius 2 is 1.34 bits per heavy atom. The monoisotopic (exact) mass is 842 g/mol. The maximum absolute atomic E-state index is 9.77. The van der Waals surface area contributed by atoms with Crippen molar-refractivity contribution in [2.24, 2.45) is 0 Å². The first-order valence-electron chi connectivity index (χ1n) is 24.5. The van der Waals surface area contributed by atoms with E-state index in [0.29, 0.717) is 5.75 Å². The third-order valence-electron chi connectivity index (χ3n) is 14.2. The van der Waals surface area contributed by atoms with Crippen molar-refractivity contribution in [1.82, 2.24) is 4.57 Å². The van der Waals surface area contributed by atoms with Gasteiger partial charge in [0.05, 0.1) is 5.56 Å². The summed E-state index contributed by atoms with van der Waals surface area (Å²) in [5.41, 5.74) is 20.1. The second-order valence-electron chi connectivity index (χ2n) is 20.4. The van der Waals surface area contributed by atoms with E-state index >= 15 is 0 Å². The molecule has 4 nitrogen and oxygen atoms in total. The van der Waals surface area contributed by atoms with Crippen molar-refractivity contribution in [3.63, 3.8) is 0 Å². The Labute approximate surface area is 384 Å². The van der Waals surface area contributed by atoms with Gasteiger partial charge in [0.1, 0.15) is 16.8 Å². The molecular weight excluding hydrogens is 779 g/mol. The van der Waals surface area contributed by atoms with Gasteiger partial charge in [-0.15, -0.1) is 9.13 Å². The second kappa shape index (κ2) is 14.1. The number of aryl methyl sites for hydroxylation is 1. The molecule has 0 fully saturated rings. The number of para-hydroxylation sites is 1. The third-order valence-corrected chi connectivity index (χ3v) is 14.2. The molecule has 6 aromatic carbocycles. The first-order valence-corrected chi connectivity index (χ1v) is 23.0. The number of hydrogen-bond acceptors (Lipinski definition) is 1. The molecule has 3 aliphatic rings. The van der Waals surface area contributed by atoms with E-state index in [-0.39, 0.29) is 11.3 Å². The highest BCUT2D eigenvalue weighted by Crippen LogP contribution is 2.56. The lowest BCUT2D eigenvalue weighted by Gasteiger charge is -2.34. The van der Waals surface area contributed by atoms with Crippen LogP contribution in [0.1, 0.15) is 143 Å². The highest BCUT2D eigenvalue weighted by atomic mass is 16.5. The fourth-order valence-electron chi connectivity index (χ4n) is 10.9. The van der Waals surface area contributed by atoms with Gasteiger partial charge in [-0.1, -0.05) is 143 Å². The summed E-state index contributed by atoms with van der Waals surface area (Å²) >= 11 is 0. The number of nitrogens with zero attached hydrogens (tertiary/aromatic N) is 3. The summed E-state index contributed by atoms with van der Waals surface area (Å²) in [7, 11) is 0. The van der Waals surface area contributed by atoms with Crippen LogP contribution in [0.3, 0.4) is 0 Å². The summed E-state index contributed by atoms with van der Waals surface area (Å²) in [6, 6.07) is 44.1. The molecule has 4 heteroatoms. The Balaban J connectivity index is 1.31. The SMILES string of the molecule is [2H]C(C)(C)c1cc2c(c(C([2H])(C)C)c1)OC13c4c(cc(C(C)(C)C)cc4-c4cc(-c5ccccc5)cc[n+]41)-c1cccc4c1[n+]3c-2n4-c1ccc(-c2c(C(C)C)cccc2C([2H])(C)C)cc1C. The van der Waals surface area contributed by atoms with Crippen molar-refractivity contribution in [2.45, 2.75) is 118 Å². The molecule has 8 aromatic rings. The number of pyridine rings is 1. The highest BCUT2D eigenvalue weighted by molar-refractivity contribution is 5.98. The normalized spacial score (nSPS) is 16.8. The number of ether oxygens (including phenoxy) is 1. The first-order chi connectivity index (χ1) is 31.5. The lowest BCUT2D eigenvalue weighted by atomic mass is 9.80. The minimum atomic E-state index is -1.21. The van der Waals surface area contributed by atoms with Gasteiger partial charge in [0.2, 0.25) is 5.69 Å². The van der Waals surface area contributed by atoms with Gasteiger partial charge < -0.3 is 4.74 Å². The summed E-state index contributed by atoms with van der Waals surface area (Å²) in [5, 5.41) is 0. The van der Waals surface area contributed by atoms with E-state index in [1.54, 1.807) is 0 Å². The zero-order valence-electron chi connectivity index (χ0n) is 42.5. The summed E-state index contributed by atoms with van der Waals surface area (Å²) < 4.78 is 43.6. The van der Waals surface area contributed by atoms with Crippen LogP contribution < -0.4 is 13.9 Å². The average molecular weight is 843 g/mol. The fourth-order valence-corrected chi connectivity index (χ4v) is 10.9. The molecule has 1 atom stereocenters. The first kappa shape index (κ1) is 37.1. The fraction of sp³-hybridized carbons (Fsp3) is 0.300. The molecule has 5 heterocycles. The predicted octanol–water partition coefficient (Wildman–Crippen LogP) is 14.9. The van der Waals surface area contributed by atoms with Crippen LogP contribution in [0.15, 0.2) is 128 Å². The number of rotatable bonds is 7. The molecule has 11 rings (SSSR count). The number of fused-ring (bicyclic) bond motifs is 5. The molecule has 3 aliphatic heterocycles. The molecule has 64 heavy (non-hydrogen) atoms. The Bertz CT molecular complexity index is 3410. The lowest BCUT2D eigenvalue weighted by Crippen LogP contribution is -2.78. The number of imidazole rings is 1. The summed E-state index contributed by atoms with van der Waals surface area (Å²) in [5.74, 6) is -2.16. The van der Waals surface area contributed by atoms with Crippen LogP contribution in [0.4, 0.5) is 0 Å². The van der Waals surface area contributed by atoms with Gasteiger partial charge in [-0.05, 0) is 134 Å². The van der Waals surface area contributed by atoms with Crippen molar-refractivity contribution in [3.8, 4) is 67.5 Å². The maximum Gasteiger partial charge on any atom is 0.499 e. The van der Waals surface area contributed by atoms with Gasteiger partial charge in [-0.25, -0.2) is 0 Å². The Morgan fingerprint density at radius 1 is 0.625 bits per heavy atom. The Morgan fingerprint density at radius 3 is 2.03 bits per heavy atom. The molecule has 1 spiro atoms. The van der Waals surface area contributed by atoms with Crippen LogP contribution in [-0.2, 0) is 11.3 Å². The smallest absolute Gasteiger partial charge is 0.392 e. The second-order valence-corrected chi connectivity index (χ2v) is 20.4. The molecule has 0 radical (unpaired) electrons. The lowest BCUT2D eigenvalue weighted by molar-refractivity contribution is -0.997. The molecule has 0 amide bonds. The Kier molecular flexibility index (Phi) is 8.20. The van der Waals surface area contributed by atoms with Crippen molar-refractivity contribution in [2.75, 3.05) is 0 Å². The topological polar surface area (TPSA) is 21.9 Å². The molecule has 0 bridgehead atoms. The van der Waals surface area contributed by atoms with Crippen LogP contribution in [-0.4, -0.2) is 4.57 Å². The summed E-state index contributed by atoms with van der Waals surface area (Å²) in [6.07, 6.45) is 2.21. The molecule has 0 saturated heterocycles. The molecule has 2 aromatic heterocycles. The van der Waals surface area contributed by atoms with E-state index in [2.05, 4.69) is 177 Å². The minimum absolute atomic E-state index is 0.147. The van der Waals surface area contributed by atoms with E-state index in [1.807, 2.05) is 47.6 Å². The van der Waals surface area contributed by atoms with Gasteiger partial charge in [-0.2, -0.15) is 4.57 Å². The molecule has 0 aliphatic carbocycles. The molecule has 320 valence electrons. The number of aromatic nitrogens is 3. The van der Waals surface area contributed by atoms with E-state index in [4.69, 9.17) is 4.74 Å². The van der Waals surface area contributed by atoms with Crippen LogP contribution in [0.25, 0.3) is 72.7 Å². The van der Waals surface area contributed by atoms with Crippen LogP contribution in [0.5, 0.6) is 5.75 Å². The van der Waals surface area contributed by atoms with Gasteiger partial charge in [-0.3, -0.25) is 0 Å². The quantitative estimate of drug-likeness (QED) is 0.147. The minimum Gasteiger partial charge on any atom is -0.392 e. The highest BCUT2D eigenvalue weighted by Gasteiger charge is 2.69. The van der Waals surface area contributed by atoms with E-state index in [0.717, 1.165) is 101 Å². The van der Waals surface area contributed by atoms with Crippen molar-refractivity contribution in [3.05, 3.63) is 166 Å². The van der Waals surface area contributed by atoms with Gasteiger partial charge >= 0.3 is 11.7 Å². The largest absolute Gasteiger partial charge is 0.499 e. The maximum atomic E-state index is 9.77. The zero-order chi connectivity index (χ0) is 47.5. The summed E-state index contributed by atoms with van der Waals surface area (Å²) in [4.78, 5) is 0. The van der Waals surface area contributed by atoms with Gasteiger partial charge in [0.25, 0.3) is 0 Å². The summed E-state index contributed by atoms with van der Waals surface area (Å²) in [6.45, 7) is 25.2. The van der Waals surface area contributed by atoms with E-state index in [1.165, 1.54) is 11.1 Å². The van der Waals surface area contributed by atoms with Crippen molar-refractivity contribution in [1.29, 1.82) is 0 Å². The number of benzene rings is 6. The van der Waals surface area contributed by atoms with Crippen LogP contribution >= 0.6 is 0 Å². The van der Waals surface area contributed by atoms with E-state index in [9.17, 15) is 4.11 Å². The molecular formula is C60H61N3O+2. The van der Waals surface area contributed by atoms with Crippen LogP contribution in [0.2, 0.25) is 0 Å². The zero-order valence-corrected chi connectivity index (χ0v) is 39.5. The molecule has 1 unspecified atom stereocenters. The van der Waals surface area contributed by atoms with Gasteiger partial charge in [0, 0.05) is 27.4 Å². The Hall–Kier alpha value is -6.26. The van der Waals surface area contributed by atoms with Crippen molar-refractivity contribution < 1.29 is 18.0 Å². The third kappa shape index (κ3) is 5.60. The van der Waals surface area contributed by atoms with Crippen LogP contribution in [0, 0.1) is 6.92 Å². The number of hydrogen-bond donors (Lipinski definition) is 0. The van der Waals surface area contributed by atoms with E-state index < -0.39 is 23.5 Å². The van der Waals surface area contributed by atoms with Gasteiger partial charge in [0.15, 0.2) is 23.0 Å². The predicted molar refractivity (Wildman–Crippen MR) is 264 cm³/mol. The molecule has 0 N–H and O–H groups in total.